The van der Waals surface area contributed by atoms with Gasteiger partial charge in [0.2, 0.25) is 5.91 Å². The fraction of sp³-hybridized carbons (Fsp3) is 0.621. The molecule has 196 valence electrons. The Bertz CT molecular complexity index is 1050. The van der Waals surface area contributed by atoms with Gasteiger partial charge in [0.15, 0.2) is 0 Å². The summed E-state index contributed by atoms with van der Waals surface area (Å²) >= 11 is 0. The van der Waals surface area contributed by atoms with E-state index in [1.807, 2.05) is 51.1 Å². The van der Waals surface area contributed by atoms with E-state index >= 15 is 0 Å². The molecule has 1 aliphatic heterocycles. The van der Waals surface area contributed by atoms with E-state index in [0.717, 1.165) is 42.7 Å². The molecule has 1 aromatic carbocycles. The third kappa shape index (κ3) is 5.76. The van der Waals surface area contributed by atoms with Crippen LogP contribution in [0.25, 0.3) is 0 Å². The second-order valence-corrected chi connectivity index (χ2v) is 11.3. The number of aromatic nitrogens is 2. The summed E-state index contributed by atoms with van der Waals surface area (Å²) in [4.78, 5) is 29.5. The molecule has 0 spiro atoms. The quantitative estimate of drug-likeness (QED) is 0.556. The number of fused-ring (bicyclic) bond motifs is 1. The van der Waals surface area contributed by atoms with Crippen LogP contribution in [-0.4, -0.2) is 44.2 Å². The third-order valence-corrected chi connectivity index (χ3v) is 7.47. The Labute approximate surface area is 215 Å². The number of hydrogen-bond acceptors (Lipinski definition) is 4. The molecule has 2 heterocycles. The Kier molecular flexibility index (Phi) is 8.06. The summed E-state index contributed by atoms with van der Waals surface area (Å²) in [5, 5.41) is 8.04. The molecule has 2 aromatic rings. The Morgan fingerprint density at radius 3 is 2.33 bits per heavy atom. The molecule has 2 aliphatic rings. The molecule has 7 nitrogen and oxygen atoms in total. The number of nitrogens with zero attached hydrogens (tertiary/aromatic N) is 3. The molecule has 1 N–H and O–H groups in total. The lowest BCUT2D eigenvalue weighted by Crippen LogP contribution is -2.64. The highest BCUT2D eigenvalue weighted by molar-refractivity contribution is 5.99. The SMILES string of the molecule is CC(C)Oc1ccc(CN2C(=O)c3cc(C(C)C)nn3C[C@]2(C)C(=O)NC2CCCCCCC2)cc1. The van der Waals surface area contributed by atoms with Crippen molar-refractivity contribution in [3.05, 3.63) is 47.3 Å². The average Bonchev–Trinajstić information content (AvgIpc) is 3.23. The highest BCUT2D eigenvalue weighted by atomic mass is 16.5. The first-order chi connectivity index (χ1) is 17.2. The van der Waals surface area contributed by atoms with Crippen LogP contribution in [0.4, 0.5) is 0 Å². The maximum atomic E-state index is 13.9. The third-order valence-electron chi connectivity index (χ3n) is 7.47. The second kappa shape index (κ2) is 11.1. The number of amides is 2. The molecule has 0 saturated heterocycles. The molecule has 0 bridgehead atoms. The molecule has 1 saturated carbocycles. The molecule has 0 radical (unpaired) electrons. The molecular formula is C29H42N4O3. The summed E-state index contributed by atoms with van der Waals surface area (Å²) in [5.41, 5.74) is 1.34. The van der Waals surface area contributed by atoms with E-state index in [4.69, 9.17) is 9.84 Å². The van der Waals surface area contributed by atoms with Crippen LogP contribution in [0, 0.1) is 0 Å². The van der Waals surface area contributed by atoms with Gasteiger partial charge in [0.1, 0.15) is 17.0 Å². The molecule has 7 heteroatoms. The van der Waals surface area contributed by atoms with E-state index in [2.05, 4.69) is 19.2 Å². The standard InChI is InChI=1S/C29H42N4O3/c1-20(2)25-17-26-27(34)32(18-22-13-15-24(16-14-22)36-21(3)4)29(5,19-33(26)31-25)28(35)30-23-11-9-7-6-8-10-12-23/h13-17,20-21,23H,6-12,18-19H2,1-5H3,(H,30,35)/t29-/m1/s1. The molecule has 1 atom stereocenters. The van der Waals surface area contributed by atoms with E-state index in [0.29, 0.717) is 18.8 Å². The highest BCUT2D eigenvalue weighted by Crippen LogP contribution is 2.31. The summed E-state index contributed by atoms with van der Waals surface area (Å²) in [5.74, 6) is 0.753. The van der Waals surface area contributed by atoms with Crippen molar-refractivity contribution >= 4 is 11.8 Å². The molecule has 4 rings (SSSR count). The maximum Gasteiger partial charge on any atom is 0.273 e. The second-order valence-electron chi connectivity index (χ2n) is 11.3. The molecule has 2 amide bonds. The van der Waals surface area contributed by atoms with Gasteiger partial charge in [0, 0.05) is 12.6 Å². The van der Waals surface area contributed by atoms with Crippen molar-refractivity contribution in [2.45, 2.75) is 116 Å². The Hall–Kier alpha value is -2.83. The van der Waals surface area contributed by atoms with Crippen LogP contribution in [0.1, 0.15) is 107 Å². The normalized spacial score (nSPS) is 21.3. The zero-order valence-electron chi connectivity index (χ0n) is 22.5. The number of hydrogen-bond donors (Lipinski definition) is 1. The summed E-state index contributed by atoms with van der Waals surface area (Å²) in [6.45, 7) is 10.7. The van der Waals surface area contributed by atoms with Gasteiger partial charge >= 0.3 is 0 Å². The molecule has 36 heavy (non-hydrogen) atoms. The van der Waals surface area contributed by atoms with Gasteiger partial charge in [-0.2, -0.15) is 5.10 Å². The smallest absolute Gasteiger partial charge is 0.273 e. The maximum absolute atomic E-state index is 13.9. The van der Waals surface area contributed by atoms with Gasteiger partial charge < -0.3 is 15.0 Å². The minimum atomic E-state index is -1.04. The van der Waals surface area contributed by atoms with Crippen LogP contribution < -0.4 is 10.1 Å². The van der Waals surface area contributed by atoms with Crippen molar-refractivity contribution in [1.82, 2.24) is 20.0 Å². The van der Waals surface area contributed by atoms with Gasteiger partial charge in [-0.1, -0.05) is 58.1 Å². The summed E-state index contributed by atoms with van der Waals surface area (Å²) in [7, 11) is 0. The minimum Gasteiger partial charge on any atom is -0.491 e. The topological polar surface area (TPSA) is 76.5 Å². The van der Waals surface area contributed by atoms with Crippen LogP contribution in [0.5, 0.6) is 5.75 Å². The first kappa shape index (κ1) is 26.2. The predicted octanol–water partition coefficient (Wildman–Crippen LogP) is 5.44. The van der Waals surface area contributed by atoms with Gasteiger partial charge in [-0.3, -0.25) is 14.3 Å². The highest BCUT2D eigenvalue weighted by Gasteiger charge is 2.48. The van der Waals surface area contributed by atoms with Crippen molar-refractivity contribution in [3.63, 3.8) is 0 Å². The monoisotopic (exact) mass is 494 g/mol. The zero-order chi connectivity index (χ0) is 25.9. The van der Waals surface area contributed by atoms with Crippen molar-refractivity contribution < 1.29 is 14.3 Å². The molecular weight excluding hydrogens is 452 g/mol. The fourth-order valence-electron chi connectivity index (χ4n) is 5.26. The first-order valence-electron chi connectivity index (χ1n) is 13.6. The van der Waals surface area contributed by atoms with Crippen LogP contribution in [0.15, 0.2) is 30.3 Å². The van der Waals surface area contributed by atoms with E-state index < -0.39 is 5.54 Å². The van der Waals surface area contributed by atoms with Crippen molar-refractivity contribution in [1.29, 1.82) is 0 Å². The summed E-state index contributed by atoms with van der Waals surface area (Å²) < 4.78 is 7.52. The van der Waals surface area contributed by atoms with E-state index in [1.54, 1.807) is 9.58 Å². The summed E-state index contributed by atoms with van der Waals surface area (Å²) in [6, 6.07) is 9.84. The van der Waals surface area contributed by atoms with E-state index in [1.165, 1.54) is 19.3 Å². The number of carbonyl (C=O) groups is 2. The van der Waals surface area contributed by atoms with Gasteiger partial charge in [-0.25, -0.2) is 0 Å². The van der Waals surface area contributed by atoms with Crippen molar-refractivity contribution in [3.8, 4) is 5.75 Å². The lowest BCUT2D eigenvalue weighted by molar-refractivity contribution is -0.134. The Morgan fingerprint density at radius 2 is 1.72 bits per heavy atom. The van der Waals surface area contributed by atoms with Crippen molar-refractivity contribution in [2.24, 2.45) is 0 Å². The first-order valence-corrected chi connectivity index (χ1v) is 13.6. The van der Waals surface area contributed by atoms with Crippen LogP contribution in [0.3, 0.4) is 0 Å². The van der Waals surface area contributed by atoms with Gasteiger partial charge in [-0.15, -0.1) is 0 Å². The number of benzene rings is 1. The lowest BCUT2D eigenvalue weighted by Gasteiger charge is -2.44. The van der Waals surface area contributed by atoms with Gasteiger partial charge in [-0.05, 0) is 63.3 Å². The number of ether oxygens (including phenoxy) is 1. The molecule has 1 fully saturated rings. The number of nitrogens with one attached hydrogen (secondary N) is 1. The van der Waals surface area contributed by atoms with Gasteiger partial charge in [0.05, 0.1) is 18.3 Å². The van der Waals surface area contributed by atoms with Crippen LogP contribution in [0.2, 0.25) is 0 Å². The van der Waals surface area contributed by atoms with Crippen molar-refractivity contribution in [2.75, 3.05) is 0 Å². The van der Waals surface area contributed by atoms with E-state index in [9.17, 15) is 9.59 Å². The largest absolute Gasteiger partial charge is 0.491 e. The summed E-state index contributed by atoms with van der Waals surface area (Å²) in [6.07, 6.45) is 8.08. The molecule has 0 unspecified atom stereocenters. The van der Waals surface area contributed by atoms with E-state index in [-0.39, 0.29) is 29.9 Å². The number of rotatable bonds is 7. The predicted molar refractivity (Wildman–Crippen MR) is 141 cm³/mol. The van der Waals surface area contributed by atoms with Gasteiger partial charge in [0.25, 0.3) is 5.91 Å². The average molecular weight is 495 g/mol. The fourth-order valence-corrected chi connectivity index (χ4v) is 5.26. The zero-order valence-corrected chi connectivity index (χ0v) is 22.5. The Morgan fingerprint density at radius 1 is 1.08 bits per heavy atom. The number of carbonyl (C=O) groups excluding carboxylic acids is 2. The molecule has 1 aromatic heterocycles. The minimum absolute atomic E-state index is 0.0894. The van der Waals surface area contributed by atoms with Crippen LogP contribution in [-0.2, 0) is 17.9 Å². The van der Waals surface area contributed by atoms with Crippen LogP contribution >= 0.6 is 0 Å². The molecule has 1 aliphatic carbocycles. The lowest BCUT2D eigenvalue weighted by atomic mass is 9.91. The Balaban J connectivity index is 1.62.